The molecule has 0 spiro atoms. The van der Waals surface area contributed by atoms with Gasteiger partial charge in [0, 0.05) is 5.75 Å². The summed E-state index contributed by atoms with van der Waals surface area (Å²) in [6, 6.07) is 0. The number of thioether (sulfide) groups is 1. The van der Waals surface area contributed by atoms with E-state index in [9.17, 15) is 4.39 Å². The summed E-state index contributed by atoms with van der Waals surface area (Å²) in [6.45, 7) is 2.10. The molecule has 0 radical (unpaired) electrons. The van der Waals surface area contributed by atoms with Gasteiger partial charge < -0.3 is 5.32 Å². The fraction of sp³-hybridized carbons (Fsp3) is 1.00. The molecule has 0 aromatic carbocycles. The zero-order valence-corrected chi connectivity index (χ0v) is 6.22. The topological polar surface area (TPSA) is 12.0 Å². The van der Waals surface area contributed by atoms with Gasteiger partial charge in [-0.15, -0.1) is 0 Å². The summed E-state index contributed by atoms with van der Waals surface area (Å²) < 4.78 is 11.5. The molecule has 9 heavy (non-hydrogen) atoms. The van der Waals surface area contributed by atoms with E-state index in [1.807, 2.05) is 0 Å². The van der Waals surface area contributed by atoms with Gasteiger partial charge in [-0.05, 0) is 24.8 Å². The van der Waals surface area contributed by atoms with Crippen LogP contribution in [0.25, 0.3) is 0 Å². The monoisotopic (exact) mass is 149 g/mol. The Morgan fingerprint density at radius 1 is 1.56 bits per heavy atom. The fourth-order valence-corrected chi connectivity index (χ4v) is 1.62. The molecule has 1 fully saturated rings. The third-order valence-corrected chi connectivity index (χ3v) is 2.59. The number of hydrogen-bond donors (Lipinski definition) is 1. The third kappa shape index (κ3) is 2.54. The Morgan fingerprint density at radius 2 is 2.33 bits per heavy atom. The number of alkyl halides is 1. The van der Waals surface area contributed by atoms with Crippen molar-refractivity contribution in [2.75, 3.05) is 31.3 Å². The van der Waals surface area contributed by atoms with Gasteiger partial charge in [-0.2, -0.15) is 11.8 Å². The van der Waals surface area contributed by atoms with E-state index in [2.05, 4.69) is 5.32 Å². The maximum absolute atomic E-state index is 11.5. The van der Waals surface area contributed by atoms with Crippen LogP contribution in [0.3, 0.4) is 0 Å². The van der Waals surface area contributed by atoms with Gasteiger partial charge in [0.2, 0.25) is 0 Å². The van der Waals surface area contributed by atoms with Crippen LogP contribution in [-0.4, -0.2) is 31.3 Å². The van der Waals surface area contributed by atoms with Crippen molar-refractivity contribution in [1.29, 1.82) is 0 Å². The Kier molecular flexibility index (Phi) is 3.36. The Morgan fingerprint density at radius 3 is 2.78 bits per heavy atom. The minimum atomic E-state index is -0.176. The molecule has 3 heteroatoms. The molecule has 1 nitrogen and oxygen atoms in total. The first-order valence-corrected chi connectivity index (χ1v) is 4.43. The first-order chi connectivity index (χ1) is 4.43. The summed E-state index contributed by atoms with van der Waals surface area (Å²) in [5.74, 6) is 2.63. The van der Waals surface area contributed by atoms with Crippen molar-refractivity contribution in [2.24, 2.45) is 5.92 Å². The third-order valence-electron chi connectivity index (χ3n) is 1.44. The molecule has 0 aromatic heterocycles. The van der Waals surface area contributed by atoms with Gasteiger partial charge in [-0.25, -0.2) is 0 Å². The van der Waals surface area contributed by atoms with Gasteiger partial charge in [-0.1, -0.05) is 0 Å². The van der Waals surface area contributed by atoms with Crippen molar-refractivity contribution in [1.82, 2.24) is 5.32 Å². The Labute approximate surface area is 59.4 Å². The predicted molar refractivity (Wildman–Crippen MR) is 39.7 cm³/mol. The summed E-state index contributed by atoms with van der Waals surface area (Å²) in [5.41, 5.74) is 0. The minimum Gasteiger partial charge on any atom is -0.316 e. The van der Waals surface area contributed by atoms with E-state index in [0.717, 1.165) is 24.8 Å². The maximum atomic E-state index is 11.5. The van der Waals surface area contributed by atoms with Crippen molar-refractivity contribution in [3.8, 4) is 0 Å². The molecule has 1 saturated heterocycles. The second kappa shape index (κ2) is 4.12. The molecule has 1 rings (SSSR count). The molecule has 0 unspecified atom stereocenters. The van der Waals surface area contributed by atoms with E-state index in [4.69, 9.17) is 0 Å². The number of hydrogen-bond acceptors (Lipinski definition) is 2. The summed E-state index contributed by atoms with van der Waals surface area (Å²) in [4.78, 5) is 0. The highest BCUT2D eigenvalue weighted by Crippen LogP contribution is 2.11. The smallest absolute Gasteiger partial charge is 0.0984 e. The highest BCUT2D eigenvalue weighted by Gasteiger charge is 2.15. The van der Waals surface area contributed by atoms with Crippen molar-refractivity contribution in [3.63, 3.8) is 0 Å². The number of halogens is 1. The molecule has 0 atom stereocenters. The minimum absolute atomic E-state index is 0.176. The van der Waals surface area contributed by atoms with Crippen LogP contribution in [-0.2, 0) is 0 Å². The molecule has 0 amide bonds. The van der Waals surface area contributed by atoms with E-state index >= 15 is 0 Å². The number of rotatable bonds is 4. The molecule has 1 aliphatic rings. The Hall–Kier alpha value is 0.240. The molecular weight excluding hydrogens is 137 g/mol. The largest absolute Gasteiger partial charge is 0.316 e. The molecule has 0 bridgehead atoms. The van der Waals surface area contributed by atoms with Crippen molar-refractivity contribution in [2.45, 2.75) is 0 Å². The fourth-order valence-electron chi connectivity index (χ4n) is 0.771. The van der Waals surface area contributed by atoms with Gasteiger partial charge in [0.05, 0.1) is 6.67 Å². The zero-order valence-electron chi connectivity index (χ0n) is 5.40. The molecule has 1 aliphatic heterocycles. The van der Waals surface area contributed by atoms with Crippen LogP contribution in [0, 0.1) is 5.92 Å². The quantitative estimate of drug-likeness (QED) is 0.596. The van der Waals surface area contributed by atoms with Crippen LogP contribution in [0.5, 0.6) is 0 Å². The van der Waals surface area contributed by atoms with Crippen molar-refractivity contribution in [3.05, 3.63) is 0 Å². The van der Waals surface area contributed by atoms with E-state index in [1.165, 1.54) is 0 Å². The van der Waals surface area contributed by atoms with Crippen LogP contribution in [0.2, 0.25) is 0 Å². The summed E-state index contributed by atoms with van der Waals surface area (Å²) in [7, 11) is 0. The summed E-state index contributed by atoms with van der Waals surface area (Å²) in [5, 5.41) is 3.18. The second-order valence-corrected chi connectivity index (χ2v) is 3.44. The lowest BCUT2D eigenvalue weighted by atomic mass is 10.1. The van der Waals surface area contributed by atoms with Crippen molar-refractivity contribution < 1.29 is 4.39 Å². The SMILES string of the molecule is FCCSCC1CNC1. The van der Waals surface area contributed by atoms with Gasteiger partial charge in [-0.3, -0.25) is 4.39 Å². The highest BCUT2D eigenvalue weighted by molar-refractivity contribution is 7.99. The van der Waals surface area contributed by atoms with Gasteiger partial charge in [0.15, 0.2) is 0 Å². The van der Waals surface area contributed by atoms with E-state index in [0.29, 0.717) is 5.75 Å². The summed E-state index contributed by atoms with van der Waals surface area (Å²) >= 11 is 1.72. The van der Waals surface area contributed by atoms with Gasteiger partial charge >= 0.3 is 0 Å². The molecule has 0 aliphatic carbocycles. The predicted octanol–water partition coefficient (Wildman–Crippen LogP) is 0.908. The molecule has 1 heterocycles. The molecule has 0 saturated carbocycles. The lowest BCUT2D eigenvalue weighted by Gasteiger charge is -2.26. The van der Waals surface area contributed by atoms with E-state index in [-0.39, 0.29) is 6.67 Å². The van der Waals surface area contributed by atoms with Gasteiger partial charge in [0.25, 0.3) is 0 Å². The standard InChI is InChI=1S/C6H12FNS/c7-1-2-9-5-6-3-8-4-6/h6,8H,1-5H2. The maximum Gasteiger partial charge on any atom is 0.0984 e. The van der Waals surface area contributed by atoms with E-state index in [1.54, 1.807) is 11.8 Å². The molecule has 54 valence electrons. The number of nitrogens with one attached hydrogen (secondary N) is 1. The lowest BCUT2D eigenvalue weighted by molar-refractivity contribution is 0.385. The first-order valence-electron chi connectivity index (χ1n) is 3.28. The van der Waals surface area contributed by atoms with Crippen LogP contribution in [0.15, 0.2) is 0 Å². The molecule has 1 N–H and O–H groups in total. The average molecular weight is 149 g/mol. The van der Waals surface area contributed by atoms with Crippen LogP contribution in [0.1, 0.15) is 0 Å². The molecule has 0 aromatic rings. The van der Waals surface area contributed by atoms with Gasteiger partial charge in [0.1, 0.15) is 0 Å². The Balaban J connectivity index is 1.80. The lowest BCUT2D eigenvalue weighted by Crippen LogP contribution is -2.43. The van der Waals surface area contributed by atoms with Crippen LogP contribution >= 0.6 is 11.8 Å². The Bertz CT molecular complexity index is 75.5. The van der Waals surface area contributed by atoms with Crippen LogP contribution < -0.4 is 5.32 Å². The normalized spacial score (nSPS) is 19.7. The van der Waals surface area contributed by atoms with Crippen LogP contribution in [0.4, 0.5) is 4.39 Å². The first kappa shape index (κ1) is 7.35. The molecular formula is C6H12FNS. The van der Waals surface area contributed by atoms with Crippen molar-refractivity contribution >= 4 is 11.8 Å². The highest BCUT2D eigenvalue weighted by atomic mass is 32.2. The van der Waals surface area contributed by atoms with E-state index < -0.39 is 0 Å². The second-order valence-electron chi connectivity index (χ2n) is 2.29. The summed E-state index contributed by atoms with van der Waals surface area (Å²) in [6.07, 6.45) is 0. The zero-order chi connectivity index (χ0) is 6.53. The average Bonchev–Trinajstić information content (AvgIpc) is 1.76.